The Labute approximate surface area is 139 Å². The molecule has 6 heteroatoms. The fraction of sp³-hybridized carbons (Fsp3) is 0.333. The van der Waals surface area contributed by atoms with E-state index in [4.69, 9.17) is 9.72 Å². The summed E-state index contributed by atoms with van der Waals surface area (Å²) in [5, 5.41) is 0. The van der Waals surface area contributed by atoms with E-state index in [1.165, 1.54) is 6.33 Å². The van der Waals surface area contributed by atoms with Crippen LogP contribution in [-0.2, 0) is 16.1 Å². The van der Waals surface area contributed by atoms with Gasteiger partial charge in [-0.1, -0.05) is 12.1 Å². The summed E-state index contributed by atoms with van der Waals surface area (Å²) < 4.78 is 7.52. The third kappa shape index (κ3) is 2.87. The quantitative estimate of drug-likeness (QED) is 0.675. The lowest BCUT2D eigenvalue weighted by atomic mass is 10.3. The summed E-state index contributed by atoms with van der Waals surface area (Å²) in [7, 11) is 0. The highest BCUT2D eigenvalue weighted by Gasteiger charge is 2.30. The highest BCUT2D eigenvalue weighted by atomic mass is 16.5. The number of hydrogen-bond acceptors (Lipinski definition) is 5. The van der Waals surface area contributed by atoms with Gasteiger partial charge >= 0.3 is 5.97 Å². The number of rotatable bonds is 5. The maximum atomic E-state index is 12.4. The third-order valence-electron chi connectivity index (χ3n) is 4.24. The molecular formula is C18H18N4O2. The van der Waals surface area contributed by atoms with Gasteiger partial charge in [-0.25, -0.2) is 15.0 Å². The minimum Gasteiger partial charge on any atom is -0.455 e. The van der Waals surface area contributed by atoms with Crippen LogP contribution in [0.25, 0.3) is 11.0 Å². The van der Waals surface area contributed by atoms with Crippen molar-refractivity contribution in [2.75, 3.05) is 0 Å². The zero-order chi connectivity index (χ0) is 16.5. The van der Waals surface area contributed by atoms with Gasteiger partial charge in [-0.15, -0.1) is 0 Å². The number of hydrogen-bond donors (Lipinski definition) is 0. The Balaban J connectivity index is 1.55. The lowest BCUT2D eigenvalue weighted by Gasteiger charge is -2.14. The van der Waals surface area contributed by atoms with Crippen LogP contribution >= 0.6 is 0 Å². The molecule has 2 aromatic heterocycles. The van der Waals surface area contributed by atoms with Gasteiger partial charge in [0.15, 0.2) is 0 Å². The lowest BCUT2D eigenvalue weighted by molar-refractivity contribution is -0.149. The molecule has 0 aliphatic heterocycles. The molecule has 0 saturated heterocycles. The van der Waals surface area contributed by atoms with E-state index < -0.39 is 6.10 Å². The van der Waals surface area contributed by atoms with Crippen molar-refractivity contribution in [3.63, 3.8) is 0 Å². The van der Waals surface area contributed by atoms with Crippen molar-refractivity contribution in [2.24, 2.45) is 0 Å². The fourth-order valence-electron chi connectivity index (χ4n) is 2.88. The van der Waals surface area contributed by atoms with E-state index in [9.17, 15) is 4.79 Å². The lowest BCUT2D eigenvalue weighted by Crippen LogP contribution is -2.17. The van der Waals surface area contributed by atoms with E-state index in [0.29, 0.717) is 11.6 Å². The van der Waals surface area contributed by atoms with Crippen molar-refractivity contribution in [1.29, 1.82) is 0 Å². The Bertz CT molecular complexity index is 871. The summed E-state index contributed by atoms with van der Waals surface area (Å²) in [5.74, 6) is 1.17. The van der Waals surface area contributed by atoms with E-state index >= 15 is 0 Å². The molecule has 0 bridgehead atoms. The van der Waals surface area contributed by atoms with E-state index in [2.05, 4.69) is 9.97 Å². The number of carbonyl (C=O) groups excluding carboxylic acids is 1. The number of nitrogens with zero attached hydrogens (tertiary/aromatic N) is 4. The van der Waals surface area contributed by atoms with Gasteiger partial charge in [0, 0.05) is 12.1 Å². The molecule has 0 unspecified atom stereocenters. The Morgan fingerprint density at radius 1 is 1.33 bits per heavy atom. The monoisotopic (exact) mass is 322 g/mol. The van der Waals surface area contributed by atoms with Gasteiger partial charge in [-0.2, -0.15) is 0 Å². The fourth-order valence-corrected chi connectivity index (χ4v) is 2.88. The number of ether oxygens (including phenoxy) is 1. The van der Waals surface area contributed by atoms with E-state index in [-0.39, 0.29) is 12.5 Å². The average molecular weight is 322 g/mol. The number of benzene rings is 1. The van der Waals surface area contributed by atoms with Crippen LogP contribution in [0.15, 0.2) is 42.9 Å². The van der Waals surface area contributed by atoms with Gasteiger partial charge < -0.3 is 9.30 Å². The van der Waals surface area contributed by atoms with Gasteiger partial charge in [-0.05, 0) is 38.0 Å². The van der Waals surface area contributed by atoms with Crippen molar-refractivity contribution in [1.82, 2.24) is 19.5 Å². The summed E-state index contributed by atoms with van der Waals surface area (Å²) in [6, 6.07) is 9.65. The molecule has 0 spiro atoms. The van der Waals surface area contributed by atoms with Crippen LogP contribution in [0.3, 0.4) is 0 Å². The highest BCUT2D eigenvalue weighted by Crippen LogP contribution is 2.40. The number of aromatic nitrogens is 4. The first-order valence-corrected chi connectivity index (χ1v) is 8.13. The van der Waals surface area contributed by atoms with Crippen LogP contribution in [0.2, 0.25) is 0 Å². The predicted molar refractivity (Wildman–Crippen MR) is 88.2 cm³/mol. The normalized spacial score (nSPS) is 15.4. The van der Waals surface area contributed by atoms with Gasteiger partial charge in [0.25, 0.3) is 0 Å². The van der Waals surface area contributed by atoms with Gasteiger partial charge in [0.2, 0.25) is 0 Å². The molecule has 0 amide bonds. The molecular weight excluding hydrogens is 304 g/mol. The molecule has 0 radical (unpaired) electrons. The van der Waals surface area contributed by atoms with Crippen LogP contribution in [0.5, 0.6) is 0 Å². The summed E-state index contributed by atoms with van der Waals surface area (Å²) in [6.07, 6.45) is 4.96. The van der Waals surface area contributed by atoms with Crippen molar-refractivity contribution in [3.8, 4) is 0 Å². The molecule has 6 nitrogen and oxygen atoms in total. The topological polar surface area (TPSA) is 69.9 Å². The number of fused-ring (bicyclic) bond motifs is 1. The smallest absolute Gasteiger partial charge is 0.326 e. The second-order valence-electron chi connectivity index (χ2n) is 6.09. The zero-order valence-electron chi connectivity index (χ0n) is 13.4. The van der Waals surface area contributed by atoms with E-state index in [0.717, 1.165) is 29.7 Å². The van der Waals surface area contributed by atoms with Crippen molar-refractivity contribution < 1.29 is 9.53 Å². The Morgan fingerprint density at radius 3 is 2.92 bits per heavy atom. The van der Waals surface area contributed by atoms with Crippen molar-refractivity contribution in [2.45, 2.75) is 38.3 Å². The SMILES string of the molecule is C[C@H](OC(=O)Cn1c(C2CC2)nc2ccccc21)c1ccncn1. The van der Waals surface area contributed by atoms with Crippen LogP contribution in [0.4, 0.5) is 0 Å². The predicted octanol–water partition coefficient (Wildman–Crippen LogP) is 3.01. The Morgan fingerprint density at radius 2 is 2.17 bits per heavy atom. The van der Waals surface area contributed by atoms with Crippen LogP contribution in [-0.4, -0.2) is 25.5 Å². The molecule has 1 aliphatic rings. The number of imidazole rings is 1. The van der Waals surface area contributed by atoms with Gasteiger partial charge in [0.05, 0.1) is 16.7 Å². The second-order valence-corrected chi connectivity index (χ2v) is 6.09. The summed E-state index contributed by atoms with van der Waals surface area (Å²) in [4.78, 5) is 25.1. The minimum atomic E-state index is -0.403. The largest absolute Gasteiger partial charge is 0.455 e. The van der Waals surface area contributed by atoms with Crippen molar-refractivity contribution >= 4 is 17.0 Å². The number of para-hydroxylation sites is 2. The third-order valence-corrected chi connectivity index (χ3v) is 4.24. The van der Waals surface area contributed by atoms with Crippen LogP contribution in [0.1, 0.15) is 43.3 Å². The van der Waals surface area contributed by atoms with Gasteiger partial charge in [-0.3, -0.25) is 4.79 Å². The molecule has 2 heterocycles. The number of carbonyl (C=O) groups is 1. The molecule has 1 aliphatic carbocycles. The summed E-state index contributed by atoms with van der Waals surface area (Å²) in [6.45, 7) is 1.98. The summed E-state index contributed by atoms with van der Waals surface area (Å²) in [5.41, 5.74) is 2.60. The van der Waals surface area contributed by atoms with Crippen LogP contribution < -0.4 is 0 Å². The van der Waals surface area contributed by atoms with Gasteiger partial charge in [0.1, 0.15) is 24.8 Å². The van der Waals surface area contributed by atoms with Crippen LogP contribution in [0, 0.1) is 0 Å². The Kier molecular flexibility index (Phi) is 3.72. The molecule has 1 aromatic carbocycles. The first kappa shape index (κ1) is 14.8. The van der Waals surface area contributed by atoms with Crippen molar-refractivity contribution in [3.05, 3.63) is 54.4 Å². The molecule has 1 fully saturated rings. The van der Waals surface area contributed by atoms with E-state index in [1.807, 2.05) is 35.8 Å². The molecule has 24 heavy (non-hydrogen) atoms. The summed E-state index contributed by atoms with van der Waals surface area (Å²) >= 11 is 0. The average Bonchev–Trinajstić information content (AvgIpc) is 3.39. The zero-order valence-corrected chi connectivity index (χ0v) is 13.4. The maximum Gasteiger partial charge on any atom is 0.326 e. The second kappa shape index (κ2) is 6.03. The first-order chi connectivity index (χ1) is 11.7. The molecule has 1 atom stereocenters. The molecule has 4 rings (SSSR count). The minimum absolute atomic E-state index is 0.168. The molecule has 3 aromatic rings. The highest BCUT2D eigenvalue weighted by molar-refractivity contribution is 5.79. The van der Waals surface area contributed by atoms with E-state index in [1.54, 1.807) is 12.3 Å². The number of esters is 1. The standard InChI is InChI=1S/C18H18N4O2/c1-12(14-8-9-19-11-20-14)24-17(23)10-22-16-5-3-2-4-15(16)21-18(22)13-6-7-13/h2-5,8-9,11-13H,6-7,10H2,1H3/t12-/m0/s1. The first-order valence-electron chi connectivity index (χ1n) is 8.13. The Hall–Kier alpha value is -2.76. The molecule has 0 N–H and O–H groups in total. The maximum absolute atomic E-state index is 12.4. The molecule has 122 valence electrons. The molecule has 1 saturated carbocycles.